The summed E-state index contributed by atoms with van der Waals surface area (Å²) in [6.07, 6.45) is 1.55. The van der Waals surface area contributed by atoms with Crippen molar-refractivity contribution in [2.24, 2.45) is 0 Å². The SMILES string of the molecule is CC(NC(=O)COc1ccccc1)c1ncc(-c2ccc(F)cc2)o1. The summed E-state index contributed by atoms with van der Waals surface area (Å²) in [5.41, 5.74) is 0.714. The Hall–Kier alpha value is -3.15. The molecule has 0 aliphatic heterocycles. The Labute approximate surface area is 144 Å². The van der Waals surface area contributed by atoms with Crippen molar-refractivity contribution in [2.75, 3.05) is 6.61 Å². The van der Waals surface area contributed by atoms with Gasteiger partial charge in [-0.1, -0.05) is 18.2 Å². The van der Waals surface area contributed by atoms with E-state index >= 15 is 0 Å². The van der Waals surface area contributed by atoms with Crippen LogP contribution in [0.1, 0.15) is 18.9 Å². The highest BCUT2D eigenvalue weighted by molar-refractivity contribution is 5.77. The van der Waals surface area contributed by atoms with E-state index in [0.717, 1.165) is 0 Å². The molecule has 1 aromatic heterocycles. The van der Waals surface area contributed by atoms with Gasteiger partial charge in [0.05, 0.1) is 6.20 Å². The van der Waals surface area contributed by atoms with Crippen LogP contribution < -0.4 is 10.1 Å². The van der Waals surface area contributed by atoms with Crippen LogP contribution in [0.25, 0.3) is 11.3 Å². The Kier molecular flexibility index (Phi) is 5.09. The molecule has 6 heteroatoms. The van der Waals surface area contributed by atoms with Crippen molar-refractivity contribution in [2.45, 2.75) is 13.0 Å². The predicted molar refractivity (Wildman–Crippen MR) is 90.4 cm³/mol. The zero-order chi connectivity index (χ0) is 17.6. The summed E-state index contributed by atoms with van der Waals surface area (Å²) in [5, 5.41) is 2.76. The molecule has 3 aromatic rings. The predicted octanol–water partition coefficient (Wildman–Crippen LogP) is 3.74. The van der Waals surface area contributed by atoms with Crippen molar-refractivity contribution in [3.63, 3.8) is 0 Å². The molecule has 0 saturated heterocycles. The van der Waals surface area contributed by atoms with E-state index in [1.54, 1.807) is 37.4 Å². The van der Waals surface area contributed by atoms with Gasteiger partial charge < -0.3 is 14.5 Å². The molecule has 25 heavy (non-hydrogen) atoms. The number of hydrogen-bond acceptors (Lipinski definition) is 4. The number of aromatic nitrogens is 1. The van der Waals surface area contributed by atoms with Crippen LogP contribution in [0.3, 0.4) is 0 Å². The minimum Gasteiger partial charge on any atom is -0.484 e. The fraction of sp³-hybridized carbons (Fsp3) is 0.158. The molecule has 1 N–H and O–H groups in total. The molecule has 0 spiro atoms. The maximum atomic E-state index is 13.0. The zero-order valence-electron chi connectivity index (χ0n) is 13.6. The molecule has 0 radical (unpaired) electrons. The van der Waals surface area contributed by atoms with Crippen molar-refractivity contribution >= 4 is 5.91 Å². The summed E-state index contributed by atoms with van der Waals surface area (Å²) in [6, 6.07) is 14.6. The lowest BCUT2D eigenvalue weighted by Gasteiger charge is -2.11. The van der Waals surface area contributed by atoms with Gasteiger partial charge in [0.1, 0.15) is 17.6 Å². The number of halogens is 1. The number of para-hydroxylation sites is 1. The first-order valence-electron chi connectivity index (χ1n) is 7.80. The third-order valence-corrected chi connectivity index (χ3v) is 3.51. The minimum absolute atomic E-state index is 0.0973. The first-order chi connectivity index (χ1) is 12.1. The first-order valence-corrected chi connectivity index (χ1v) is 7.80. The van der Waals surface area contributed by atoms with Gasteiger partial charge in [-0.25, -0.2) is 9.37 Å². The van der Waals surface area contributed by atoms with Crippen molar-refractivity contribution in [1.82, 2.24) is 10.3 Å². The van der Waals surface area contributed by atoms with Crippen LogP contribution in [-0.4, -0.2) is 17.5 Å². The van der Waals surface area contributed by atoms with Crippen LogP contribution in [0, 0.1) is 5.82 Å². The highest BCUT2D eigenvalue weighted by Gasteiger charge is 2.16. The molecule has 2 aromatic carbocycles. The standard InChI is InChI=1S/C19H17FN2O3/c1-13(22-18(23)12-24-16-5-3-2-4-6-16)19-21-11-17(25-19)14-7-9-15(20)10-8-14/h2-11,13H,12H2,1H3,(H,22,23). The summed E-state index contributed by atoms with van der Waals surface area (Å²) in [5.74, 6) is 0.907. The molecular weight excluding hydrogens is 323 g/mol. The lowest BCUT2D eigenvalue weighted by molar-refractivity contribution is -0.123. The Morgan fingerprint density at radius 2 is 1.92 bits per heavy atom. The number of amides is 1. The van der Waals surface area contributed by atoms with E-state index in [1.165, 1.54) is 12.1 Å². The summed E-state index contributed by atoms with van der Waals surface area (Å²) < 4.78 is 24.0. The van der Waals surface area contributed by atoms with Gasteiger partial charge in [-0.05, 0) is 43.3 Å². The normalized spacial score (nSPS) is 11.8. The van der Waals surface area contributed by atoms with Crippen molar-refractivity contribution < 1.29 is 18.3 Å². The van der Waals surface area contributed by atoms with E-state index in [-0.39, 0.29) is 18.3 Å². The van der Waals surface area contributed by atoms with Crippen molar-refractivity contribution in [3.05, 3.63) is 72.5 Å². The van der Waals surface area contributed by atoms with Gasteiger partial charge in [0.25, 0.3) is 5.91 Å². The van der Waals surface area contributed by atoms with E-state index in [9.17, 15) is 9.18 Å². The number of benzene rings is 2. The Bertz CT molecular complexity index is 831. The third kappa shape index (κ3) is 4.44. The van der Waals surface area contributed by atoms with Gasteiger partial charge in [0.2, 0.25) is 5.89 Å². The first kappa shape index (κ1) is 16.7. The molecule has 1 atom stereocenters. The quantitative estimate of drug-likeness (QED) is 0.742. The molecule has 1 amide bonds. The molecule has 1 unspecified atom stereocenters. The maximum Gasteiger partial charge on any atom is 0.258 e. The average molecular weight is 340 g/mol. The monoisotopic (exact) mass is 340 g/mol. The van der Waals surface area contributed by atoms with Gasteiger partial charge in [-0.3, -0.25) is 4.79 Å². The highest BCUT2D eigenvalue weighted by atomic mass is 19.1. The minimum atomic E-state index is -0.416. The molecule has 0 aliphatic carbocycles. The van der Waals surface area contributed by atoms with Crippen molar-refractivity contribution in [3.8, 4) is 17.1 Å². The van der Waals surface area contributed by atoms with E-state index in [0.29, 0.717) is 23.0 Å². The molecule has 0 fully saturated rings. The van der Waals surface area contributed by atoms with E-state index in [1.807, 2.05) is 18.2 Å². The van der Waals surface area contributed by atoms with Gasteiger partial charge in [-0.15, -0.1) is 0 Å². The number of hydrogen-bond donors (Lipinski definition) is 1. The van der Waals surface area contributed by atoms with E-state index in [4.69, 9.17) is 9.15 Å². The lowest BCUT2D eigenvalue weighted by atomic mass is 10.2. The number of carbonyl (C=O) groups excluding carboxylic acids is 1. The van der Waals surface area contributed by atoms with Crippen LogP contribution >= 0.6 is 0 Å². The van der Waals surface area contributed by atoms with Crippen LogP contribution in [0.5, 0.6) is 5.75 Å². The third-order valence-electron chi connectivity index (χ3n) is 3.51. The van der Waals surface area contributed by atoms with Crippen LogP contribution in [0.2, 0.25) is 0 Å². The topological polar surface area (TPSA) is 64.4 Å². The Balaban J connectivity index is 1.57. The molecular formula is C19H17FN2O3. The molecule has 3 rings (SSSR count). The second-order valence-corrected chi connectivity index (χ2v) is 5.46. The van der Waals surface area contributed by atoms with Crippen LogP contribution in [-0.2, 0) is 4.79 Å². The van der Waals surface area contributed by atoms with Crippen LogP contribution in [0.4, 0.5) is 4.39 Å². The second-order valence-electron chi connectivity index (χ2n) is 5.46. The summed E-state index contributed by atoms with van der Waals surface area (Å²) in [7, 11) is 0. The Morgan fingerprint density at radius 1 is 1.20 bits per heavy atom. The van der Waals surface area contributed by atoms with Gasteiger partial charge in [0.15, 0.2) is 12.4 Å². The number of ether oxygens (including phenoxy) is 1. The number of oxazole rings is 1. The Morgan fingerprint density at radius 3 is 2.64 bits per heavy atom. The summed E-state index contributed by atoms with van der Waals surface area (Å²) >= 11 is 0. The molecule has 128 valence electrons. The maximum absolute atomic E-state index is 13.0. The molecule has 1 heterocycles. The largest absolute Gasteiger partial charge is 0.484 e. The molecule has 0 bridgehead atoms. The molecule has 5 nitrogen and oxygen atoms in total. The smallest absolute Gasteiger partial charge is 0.258 e. The fourth-order valence-electron chi connectivity index (χ4n) is 2.25. The van der Waals surface area contributed by atoms with Gasteiger partial charge >= 0.3 is 0 Å². The fourth-order valence-corrected chi connectivity index (χ4v) is 2.25. The second kappa shape index (κ2) is 7.61. The summed E-state index contributed by atoms with van der Waals surface area (Å²) in [6.45, 7) is 1.67. The molecule has 0 aliphatic rings. The van der Waals surface area contributed by atoms with Gasteiger partial charge in [-0.2, -0.15) is 0 Å². The van der Waals surface area contributed by atoms with E-state index in [2.05, 4.69) is 10.3 Å². The lowest BCUT2D eigenvalue weighted by Crippen LogP contribution is -2.31. The number of carbonyl (C=O) groups is 1. The highest BCUT2D eigenvalue weighted by Crippen LogP contribution is 2.23. The van der Waals surface area contributed by atoms with Crippen molar-refractivity contribution in [1.29, 1.82) is 0 Å². The van der Waals surface area contributed by atoms with Crippen LogP contribution in [0.15, 0.2) is 65.2 Å². The number of rotatable bonds is 6. The molecule has 0 saturated carbocycles. The summed E-state index contributed by atoms with van der Waals surface area (Å²) in [4.78, 5) is 16.1. The average Bonchev–Trinajstić information content (AvgIpc) is 3.12. The number of nitrogens with one attached hydrogen (secondary N) is 1. The zero-order valence-corrected chi connectivity index (χ0v) is 13.6. The van der Waals surface area contributed by atoms with Gasteiger partial charge in [0, 0.05) is 5.56 Å². The number of nitrogens with zero attached hydrogens (tertiary/aromatic N) is 1. The van der Waals surface area contributed by atoms with E-state index < -0.39 is 6.04 Å².